The van der Waals surface area contributed by atoms with Crippen molar-refractivity contribution in [3.05, 3.63) is 47.6 Å². The summed E-state index contributed by atoms with van der Waals surface area (Å²) in [7, 11) is 0. The Kier molecular flexibility index (Phi) is 6.29. The van der Waals surface area contributed by atoms with E-state index in [1.807, 2.05) is 6.92 Å². The van der Waals surface area contributed by atoms with Gasteiger partial charge in [-0.05, 0) is 25.6 Å². The number of halogens is 2. The van der Waals surface area contributed by atoms with Crippen molar-refractivity contribution < 1.29 is 4.39 Å². The number of nitrogens with zero attached hydrogens (tertiary/aromatic N) is 5. The van der Waals surface area contributed by atoms with E-state index >= 15 is 0 Å². The fraction of sp³-hybridized carbons (Fsp3) is 0.286. The van der Waals surface area contributed by atoms with Crippen LogP contribution in [0.5, 0.6) is 0 Å². The van der Waals surface area contributed by atoms with Crippen molar-refractivity contribution in [1.82, 2.24) is 29.9 Å². The first kappa shape index (κ1) is 18.4. The molecular formula is C14H17ClFN7S. The number of benzene rings is 1. The van der Waals surface area contributed by atoms with Gasteiger partial charge in [0.2, 0.25) is 0 Å². The molecule has 2 heterocycles. The molecule has 0 amide bonds. The van der Waals surface area contributed by atoms with Crippen molar-refractivity contribution in [1.29, 1.82) is 0 Å². The quantitative estimate of drug-likeness (QED) is 0.645. The molecule has 0 aliphatic carbocycles. The molecule has 0 saturated heterocycles. The van der Waals surface area contributed by atoms with Crippen LogP contribution in [0.25, 0.3) is 5.69 Å². The Hall–Kier alpha value is -1.97. The number of aryl methyl sites for hydroxylation is 1. The Balaban J connectivity index is 0.00000208. The Bertz CT molecular complexity index is 804. The average molecular weight is 370 g/mol. The third-order valence-corrected chi connectivity index (χ3v) is 4.06. The lowest BCUT2D eigenvalue weighted by Gasteiger charge is -2.10. The van der Waals surface area contributed by atoms with Crippen LogP contribution in [0.3, 0.4) is 0 Å². The molecular weight excluding hydrogens is 353 g/mol. The summed E-state index contributed by atoms with van der Waals surface area (Å²) < 4.78 is 15.9. The van der Waals surface area contributed by atoms with Crippen molar-refractivity contribution in [3.8, 4) is 5.69 Å². The summed E-state index contributed by atoms with van der Waals surface area (Å²) in [6, 6.07) is 6.53. The van der Waals surface area contributed by atoms with E-state index in [0.29, 0.717) is 41.2 Å². The number of hydrogen-bond donors (Lipinski definition) is 2. The van der Waals surface area contributed by atoms with Gasteiger partial charge in [0.25, 0.3) is 0 Å². The number of thioether (sulfide) groups is 1. The Morgan fingerprint density at radius 2 is 2.08 bits per heavy atom. The molecule has 24 heavy (non-hydrogen) atoms. The van der Waals surface area contributed by atoms with E-state index in [2.05, 4.69) is 25.4 Å². The van der Waals surface area contributed by atoms with Crippen molar-refractivity contribution in [2.75, 3.05) is 6.54 Å². The van der Waals surface area contributed by atoms with Gasteiger partial charge in [-0.15, -0.1) is 22.6 Å². The standard InChI is InChI=1S/C14H16FN7S.ClH/c1-9-17-12(19-18-9)8-23-14-21-20-13(6-7-16)22(14)11-5-3-2-4-10(11)15;/h2-5H,6-8,16H2,1H3,(H,17,18,19);1H. The molecule has 3 rings (SSSR count). The van der Waals surface area contributed by atoms with Gasteiger partial charge >= 0.3 is 0 Å². The number of para-hydroxylation sites is 1. The van der Waals surface area contributed by atoms with Gasteiger partial charge in [0, 0.05) is 6.42 Å². The second kappa shape index (κ2) is 8.22. The fourth-order valence-corrected chi connectivity index (χ4v) is 2.96. The van der Waals surface area contributed by atoms with Crippen LogP contribution in [0.15, 0.2) is 29.4 Å². The molecule has 3 N–H and O–H groups in total. The highest BCUT2D eigenvalue weighted by Gasteiger charge is 2.17. The summed E-state index contributed by atoms with van der Waals surface area (Å²) in [6.45, 7) is 2.25. The maximum atomic E-state index is 14.2. The number of hydrogen-bond acceptors (Lipinski definition) is 6. The maximum absolute atomic E-state index is 14.2. The predicted molar refractivity (Wildman–Crippen MR) is 92.0 cm³/mol. The van der Waals surface area contributed by atoms with E-state index in [0.717, 1.165) is 5.82 Å². The molecule has 0 bridgehead atoms. The number of nitrogens with one attached hydrogen (secondary N) is 1. The van der Waals surface area contributed by atoms with Gasteiger partial charge in [0.05, 0.1) is 11.4 Å². The van der Waals surface area contributed by atoms with E-state index < -0.39 is 0 Å². The normalized spacial score (nSPS) is 10.6. The van der Waals surface area contributed by atoms with E-state index in [-0.39, 0.29) is 18.2 Å². The topological polar surface area (TPSA) is 98.3 Å². The van der Waals surface area contributed by atoms with Crippen LogP contribution in [-0.2, 0) is 12.2 Å². The summed E-state index contributed by atoms with van der Waals surface area (Å²) in [4.78, 5) is 4.25. The van der Waals surface area contributed by atoms with E-state index in [9.17, 15) is 4.39 Å². The highest BCUT2D eigenvalue weighted by atomic mass is 35.5. The van der Waals surface area contributed by atoms with Crippen LogP contribution >= 0.6 is 24.2 Å². The Labute approximate surface area is 148 Å². The molecule has 1 aromatic carbocycles. The third kappa shape index (κ3) is 3.92. The van der Waals surface area contributed by atoms with Gasteiger partial charge in [-0.25, -0.2) is 9.37 Å². The first-order valence-electron chi connectivity index (χ1n) is 7.09. The van der Waals surface area contributed by atoms with E-state index in [4.69, 9.17) is 5.73 Å². The number of aromatic nitrogens is 6. The predicted octanol–water partition coefficient (Wildman–Crippen LogP) is 2.05. The van der Waals surface area contributed by atoms with Gasteiger partial charge in [-0.2, -0.15) is 5.10 Å². The van der Waals surface area contributed by atoms with Crippen LogP contribution in [0.1, 0.15) is 17.5 Å². The molecule has 7 nitrogen and oxygen atoms in total. The Morgan fingerprint density at radius 3 is 2.75 bits per heavy atom. The molecule has 128 valence electrons. The Morgan fingerprint density at radius 1 is 1.29 bits per heavy atom. The number of aromatic amines is 1. The first-order valence-corrected chi connectivity index (χ1v) is 8.07. The number of H-pyrrole nitrogens is 1. The molecule has 0 aliphatic heterocycles. The molecule has 0 saturated carbocycles. The van der Waals surface area contributed by atoms with Crippen LogP contribution < -0.4 is 5.73 Å². The van der Waals surface area contributed by atoms with E-state index in [1.54, 1.807) is 22.8 Å². The van der Waals surface area contributed by atoms with Crippen molar-refractivity contribution in [3.63, 3.8) is 0 Å². The minimum Gasteiger partial charge on any atom is -0.330 e. The van der Waals surface area contributed by atoms with Crippen LogP contribution in [0.4, 0.5) is 4.39 Å². The van der Waals surface area contributed by atoms with Crippen LogP contribution in [-0.4, -0.2) is 36.5 Å². The summed E-state index contributed by atoms with van der Waals surface area (Å²) >= 11 is 1.40. The molecule has 3 aromatic rings. The molecule has 2 aromatic heterocycles. The molecule has 10 heteroatoms. The molecule has 0 fully saturated rings. The lowest BCUT2D eigenvalue weighted by atomic mass is 10.3. The van der Waals surface area contributed by atoms with Gasteiger partial charge in [-0.1, -0.05) is 23.9 Å². The largest absolute Gasteiger partial charge is 0.330 e. The fourth-order valence-electron chi connectivity index (χ4n) is 2.14. The molecule has 0 radical (unpaired) electrons. The summed E-state index contributed by atoms with van der Waals surface area (Å²) in [6.07, 6.45) is 0.516. The maximum Gasteiger partial charge on any atom is 0.196 e. The molecule has 0 spiro atoms. The van der Waals surface area contributed by atoms with Crippen LogP contribution in [0, 0.1) is 12.7 Å². The summed E-state index contributed by atoms with van der Waals surface area (Å²) in [5.74, 6) is 2.22. The SMILES string of the molecule is Cc1nc(CSc2nnc(CCN)n2-c2ccccc2F)n[nH]1.Cl. The molecule has 0 unspecified atom stereocenters. The van der Waals surface area contributed by atoms with Crippen LogP contribution in [0.2, 0.25) is 0 Å². The zero-order chi connectivity index (χ0) is 16.2. The summed E-state index contributed by atoms with van der Waals surface area (Å²) in [5, 5.41) is 15.8. The zero-order valence-corrected chi connectivity index (χ0v) is 14.6. The smallest absolute Gasteiger partial charge is 0.196 e. The zero-order valence-electron chi connectivity index (χ0n) is 12.9. The lowest BCUT2D eigenvalue weighted by Crippen LogP contribution is -2.10. The monoisotopic (exact) mass is 369 g/mol. The van der Waals surface area contributed by atoms with Gasteiger partial charge in [0.15, 0.2) is 11.0 Å². The average Bonchev–Trinajstić information content (AvgIpc) is 3.13. The second-order valence-corrected chi connectivity index (χ2v) is 5.79. The van der Waals surface area contributed by atoms with Gasteiger partial charge in [-0.3, -0.25) is 9.67 Å². The van der Waals surface area contributed by atoms with Crippen molar-refractivity contribution in [2.24, 2.45) is 5.73 Å². The molecule has 0 atom stereocenters. The van der Waals surface area contributed by atoms with E-state index in [1.165, 1.54) is 17.8 Å². The van der Waals surface area contributed by atoms with Crippen molar-refractivity contribution in [2.45, 2.75) is 24.3 Å². The summed E-state index contributed by atoms with van der Waals surface area (Å²) in [5.41, 5.74) is 6.03. The first-order chi connectivity index (χ1) is 11.2. The second-order valence-electron chi connectivity index (χ2n) is 4.85. The third-order valence-electron chi connectivity index (χ3n) is 3.14. The lowest BCUT2D eigenvalue weighted by molar-refractivity contribution is 0.609. The molecule has 0 aliphatic rings. The van der Waals surface area contributed by atoms with Gasteiger partial charge < -0.3 is 5.73 Å². The minimum absolute atomic E-state index is 0. The number of rotatable bonds is 6. The van der Waals surface area contributed by atoms with Gasteiger partial charge in [0.1, 0.15) is 17.5 Å². The highest BCUT2D eigenvalue weighted by molar-refractivity contribution is 7.98. The highest BCUT2D eigenvalue weighted by Crippen LogP contribution is 2.25. The minimum atomic E-state index is -0.332. The number of nitrogens with two attached hydrogens (primary N) is 1. The van der Waals surface area contributed by atoms with Crippen molar-refractivity contribution >= 4 is 24.2 Å².